The van der Waals surface area contributed by atoms with E-state index in [4.69, 9.17) is 4.74 Å². The van der Waals surface area contributed by atoms with Crippen LogP contribution in [0.3, 0.4) is 0 Å². The highest BCUT2D eigenvalue weighted by atomic mass is 16.5. The second kappa shape index (κ2) is 7.63. The van der Waals surface area contributed by atoms with Crippen LogP contribution in [0.2, 0.25) is 0 Å². The molecule has 1 aromatic carbocycles. The minimum absolute atomic E-state index is 0.0751. The summed E-state index contributed by atoms with van der Waals surface area (Å²) in [5.74, 6) is 0.636. The summed E-state index contributed by atoms with van der Waals surface area (Å²) < 4.78 is 5.10. The molecule has 0 aliphatic heterocycles. The third-order valence-electron chi connectivity index (χ3n) is 3.85. The molecule has 3 heteroatoms. The third-order valence-corrected chi connectivity index (χ3v) is 3.85. The zero-order valence-electron chi connectivity index (χ0n) is 11.8. The van der Waals surface area contributed by atoms with Crippen LogP contribution in [0, 0.1) is 5.92 Å². The van der Waals surface area contributed by atoms with Gasteiger partial charge in [0.05, 0.1) is 12.7 Å². The summed E-state index contributed by atoms with van der Waals surface area (Å²) >= 11 is 0. The fourth-order valence-electron chi connectivity index (χ4n) is 2.79. The maximum atomic E-state index is 9.64. The Kier molecular flexibility index (Phi) is 5.83. The predicted molar refractivity (Wildman–Crippen MR) is 76.8 cm³/mol. The van der Waals surface area contributed by atoms with Crippen molar-refractivity contribution in [2.75, 3.05) is 13.7 Å². The third kappa shape index (κ3) is 4.94. The highest BCUT2D eigenvalue weighted by Gasteiger charge is 2.19. The molecule has 106 valence electrons. The standard InChI is InChI=1S/C16H25NO2/c1-19-12-14-7-5-13(6-8-14)10-17-11-15-3-2-4-16(18)9-15/h5-8,15-18H,2-4,9-12H2,1H3. The first-order valence-electron chi connectivity index (χ1n) is 7.23. The average Bonchev–Trinajstić information content (AvgIpc) is 2.41. The van der Waals surface area contributed by atoms with Gasteiger partial charge in [-0.3, -0.25) is 0 Å². The van der Waals surface area contributed by atoms with Gasteiger partial charge in [0.1, 0.15) is 0 Å². The van der Waals surface area contributed by atoms with Crippen LogP contribution >= 0.6 is 0 Å². The quantitative estimate of drug-likeness (QED) is 0.828. The Morgan fingerprint density at radius 3 is 2.63 bits per heavy atom. The number of rotatable bonds is 6. The SMILES string of the molecule is COCc1ccc(CNCC2CCCC(O)C2)cc1. The van der Waals surface area contributed by atoms with Gasteiger partial charge in [0.25, 0.3) is 0 Å². The van der Waals surface area contributed by atoms with Crippen LogP contribution in [0.4, 0.5) is 0 Å². The Hall–Kier alpha value is -0.900. The Labute approximate surface area is 116 Å². The van der Waals surface area contributed by atoms with Gasteiger partial charge in [-0.25, -0.2) is 0 Å². The van der Waals surface area contributed by atoms with Gasteiger partial charge in [-0.05, 0) is 42.9 Å². The van der Waals surface area contributed by atoms with Gasteiger partial charge in [-0.15, -0.1) is 0 Å². The monoisotopic (exact) mass is 263 g/mol. The minimum atomic E-state index is -0.0751. The molecule has 0 radical (unpaired) electrons. The number of hydrogen-bond acceptors (Lipinski definition) is 3. The van der Waals surface area contributed by atoms with Crippen molar-refractivity contribution in [2.24, 2.45) is 5.92 Å². The van der Waals surface area contributed by atoms with E-state index in [-0.39, 0.29) is 6.10 Å². The largest absolute Gasteiger partial charge is 0.393 e. The van der Waals surface area contributed by atoms with E-state index in [9.17, 15) is 5.11 Å². The zero-order chi connectivity index (χ0) is 13.5. The smallest absolute Gasteiger partial charge is 0.0713 e. The Morgan fingerprint density at radius 1 is 1.21 bits per heavy atom. The summed E-state index contributed by atoms with van der Waals surface area (Å²) in [6.45, 7) is 2.59. The molecule has 1 aromatic rings. The molecule has 0 saturated heterocycles. The van der Waals surface area contributed by atoms with Gasteiger partial charge in [-0.2, -0.15) is 0 Å². The van der Waals surface area contributed by atoms with E-state index >= 15 is 0 Å². The molecule has 0 spiro atoms. The first-order chi connectivity index (χ1) is 9.28. The molecular formula is C16H25NO2. The van der Waals surface area contributed by atoms with Gasteiger partial charge in [0, 0.05) is 13.7 Å². The van der Waals surface area contributed by atoms with Crippen molar-refractivity contribution in [1.29, 1.82) is 0 Å². The van der Waals surface area contributed by atoms with Crippen molar-refractivity contribution in [3.8, 4) is 0 Å². The molecule has 3 nitrogen and oxygen atoms in total. The Bertz CT molecular complexity index is 364. The van der Waals surface area contributed by atoms with Crippen LogP contribution in [0.25, 0.3) is 0 Å². The first kappa shape index (κ1) is 14.5. The average molecular weight is 263 g/mol. The van der Waals surface area contributed by atoms with E-state index in [1.165, 1.54) is 24.0 Å². The zero-order valence-corrected chi connectivity index (χ0v) is 11.8. The molecule has 2 atom stereocenters. The van der Waals surface area contributed by atoms with E-state index in [0.717, 1.165) is 25.9 Å². The number of nitrogens with one attached hydrogen (secondary N) is 1. The number of ether oxygens (including phenoxy) is 1. The lowest BCUT2D eigenvalue weighted by Gasteiger charge is -2.26. The predicted octanol–water partition coefficient (Wildman–Crippen LogP) is 2.47. The van der Waals surface area contributed by atoms with Crippen LogP contribution in [0.1, 0.15) is 36.8 Å². The molecule has 0 bridgehead atoms. The number of methoxy groups -OCH3 is 1. The molecule has 1 fully saturated rings. The number of benzene rings is 1. The Morgan fingerprint density at radius 2 is 1.95 bits per heavy atom. The molecule has 2 rings (SSSR count). The molecular weight excluding hydrogens is 238 g/mol. The molecule has 0 heterocycles. The second-order valence-corrected chi connectivity index (χ2v) is 5.57. The lowest BCUT2D eigenvalue weighted by molar-refractivity contribution is 0.101. The van der Waals surface area contributed by atoms with Crippen molar-refractivity contribution in [1.82, 2.24) is 5.32 Å². The van der Waals surface area contributed by atoms with Crippen LogP contribution in [0.5, 0.6) is 0 Å². The van der Waals surface area contributed by atoms with Gasteiger partial charge in [0.2, 0.25) is 0 Å². The molecule has 2 unspecified atom stereocenters. The second-order valence-electron chi connectivity index (χ2n) is 5.57. The maximum Gasteiger partial charge on any atom is 0.0713 e. The van der Waals surface area contributed by atoms with Gasteiger partial charge < -0.3 is 15.2 Å². The fourth-order valence-corrected chi connectivity index (χ4v) is 2.79. The maximum absolute atomic E-state index is 9.64. The van der Waals surface area contributed by atoms with Crippen LogP contribution < -0.4 is 5.32 Å². The molecule has 1 saturated carbocycles. The highest BCUT2D eigenvalue weighted by Crippen LogP contribution is 2.23. The molecule has 0 amide bonds. The molecule has 19 heavy (non-hydrogen) atoms. The number of aliphatic hydroxyl groups is 1. The van der Waals surface area contributed by atoms with Crippen LogP contribution in [-0.4, -0.2) is 24.9 Å². The highest BCUT2D eigenvalue weighted by molar-refractivity contribution is 5.21. The molecule has 1 aliphatic carbocycles. The summed E-state index contributed by atoms with van der Waals surface area (Å²) in [6, 6.07) is 8.53. The topological polar surface area (TPSA) is 41.5 Å². The summed E-state index contributed by atoms with van der Waals surface area (Å²) in [7, 11) is 1.72. The lowest BCUT2D eigenvalue weighted by atomic mass is 9.87. The van der Waals surface area contributed by atoms with Crippen molar-refractivity contribution < 1.29 is 9.84 Å². The van der Waals surface area contributed by atoms with Gasteiger partial charge in [-0.1, -0.05) is 30.7 Å². The number of aliphatic hydroxyl groups excluding tert-OH is 1. The fraction of sp³-hybridized carbons (Fsp3) is 0.625. The van der Waals surface area contributed by atoms with Crippen LogP contribution in [-0.2, 0) is 17.9 Å². The van der Waals surface area contributed by atoms with Crippen molar-refractivity contribution in [3.05, 3.63) is 35.4 Å². The van der Waals surface area contributed by atoms with E-state index in [1.54, 1.807) is 7.11 Å². The van der Waals surface area contributed by atoms with E-state index < -0.39 is 0 Å². The number of hydrogen-bond donors (Lipinski definition) is 2. The summed E-state index contributed by atoms with van der Waals surface area (Å²) in [5.41, 5.74) is 2.51. The molecule has 1 aliphatic rings. The van der Waals surface area contributed by atoms with Crippen LogP contribution in [0.15, 0.2) is 24.3 Å². The first-order valence-corrected chi connectivity index (χ1v) is 7.23. The van der Waals surface area contributed by atoms with Crippen molar-refractivity contribution in [2.45, 2.75) is 44.9 Å². The van der Waals surface area contributed by atoms with Gasteiger partial charge >= 0.3 is 0 Å². The summed E-state index contributed by atoms with van der Waals surface area (Å²) in [4.78, 5) is 0. The lowest BCUT2D eigenvalue weighted by Crippen LogP contribution is -2.28. The Balaban J connectivity index is 1.70. The van der Waals surface area contributed by atoms with Crippen molar-refractivity contribution >= 4 is 0 Å². The minimum Gasteiger partial charge on any atom is -0.393 e. The van der Waals surface area contributed by atoms with E-state index in [1.807, 2.05) is 0 Å². The summed E-state index contributed by atoms with van der Waals surface area (Å²) in [6.07, 6.45) is 4.28. The molecule has 0 aromatic heterocycles. The normalized spacial score (nSPS) is 23.5. The van der Waals surface area contributed by atoms with E-state index in [0.29, 0.717) is 12.5 Å². The van der Waals surface area contributed by atoms with Crippen molar-refractivity contribution in [3.63, 3.8) is 0 Å². The van der Waals surface area contributed by atoms with E-state index in [2.05, 4.69) is 29.6 Å². The summed E-state index contributed by atoms with van der Waals surface area (Å²) in [5, 5.41) is 13.1. The van der Waals surface area contributed by atoms with Gasteiger partial charge in [0.15, 0.2) is 0 Å². The molecule has 2 N–H and O–H groups in total.